The van der Waals surface area contributed by atoms with Gasteiger partial charge in [0, 0.05) is 19.8 Å². The Balaban J connectivity index is 1.54. The fourth-order valence-corrected chi connectivity index (χ4v) is 6.50. The lowest BCUT2D eigenvalue weighted by molar-refractivity contribution is 0.0397. The Morgan fingerprint density at radius 2 is 1.72 bits per heavy atom. The van der Waals surface area contributed by atoms with Gasteiger partial charge in [0.25, 0.3) is 0 Å². The minimum absolute atomic E-state index is 0.0213. The van der Waals surface area contributed by atoms with Gasteiger partial charge < -0.3 is 14.2 Å². The summed E-state index contributed by atoms with van der Waals surface area (Å²) in [5.41, 5.74) is 3.04. The zero-order valence-electron chi connectivity index (χ0n) is 16.2. The first-order chi connectivity index (χ1) is 14.1. The van der Waals surface area contributed by atoms with Gasteiger partial charge in [0.2, 0.25) is 16.8 Å². The zero-order chi connectivity index (χ0) is 19.8. The second-order valence-electron chi connectivity index (χ2n) is 7.90. The Morgan fingerprint density at radius 1 is 1.00 bits per heavy atom. The van der Waals surface area contributed by atoms with Crippen molar-refractivity contribution in [1.82, 2.24) is 4.31 Å². The van der Waals surface area contributed by atoms with E-state index in [1.807, 2.05) is 42.5 Å². The maximum absolute atomic E-state index is 13.5. The van der Waals surface area contributed by atoms with E-state index in [0.717, 1.165) is 35.3 Å². The molecular formula is C22H25NO5S. The van der Waals surface area contributed by atoms with Crippen molar-refractivity contribution in [3.8, 4) is 11.5 Å². The van der Waals surface area contributed by atoms with Gasteiger partial charge in [-0.25, -0.2) is 8.42 Å². The molecule has 3 heterocycles. The minimum Gasteiger partial charge on any atom is -0.454 e. The standard InChI is InChI=1S/C22H25NO5S/c24-29(25,14-16-4-2-1-3-5-16)23-9-6-18-12-20-21(28-15-27-20)13-19(18)22(23)17-7-10-26-11-8-17/h1-5,12-13,17,22H,6-11,14-15H2. The van der Waals surface area contributed by atoms with E-state index in [1.165, 1.54) is 0 Å². The molecule has 2 aromatic carbocycles. The molecule has 0 radical (unpaired) electrons. The van der Waals surface area contributed by atoms with Crippen molar-refractivity contribution < 1.29 is 22.6 Å². The van der Waals surface area contributed by atoms with E-state index < -0.39 is 10.0 Å². The summed E-state index contributed by atoms with van der Waals surface area (Å²) in [6.07, 6.45) is 2.39. The molecule has 1 fully saturated rings. The molecule has 6 nitrogen and oxygen atoms in total. The molecule has 3 aliphatic heterocycles. The van der Waals surface area contributed by atoms with Gasteiger partial charge in [-0.05, 0) is 54.0 Å². The van der Waals surface area contributed by atoms with Crippen LogP contribution in [0.4, 0.5) is 0 Å². The lowest BCUT2D eigenvalue weighted by Gasteiger charge is -2.42. The molecule has 1 unspecified atom stereocenters. The topological polar surface area (TPSA) is 65.1 Å². The van der Waals surface area contributed by atoms with Crippen molar-refractivity contribution in [1.29, 1.82) is 0 Å². The molecule has 0 aromatic heterocycles. The number of fused-ring (bicyclic) bond motifs is 2. The Kier molecular flexibility index (Phi) is 4.97. The van der Waals surface area contributed by atoms with Crippen LogP contribution in [0.1, 0.15) is 35.6 Å². The summed E-state index contributed by atoms with van der Waals surface area (Å²) in [5.74, 6) is 1.72. The van der Waals surface area contributed by atoms with Crippen molar-refractivity contribution in [2.75, 3.05) is 26.6 Å². The lowest BCUT2D eigenvalue weighted by atomic mass is 9.82. The minimum atomic E-state index is -3.47. The van der Waals surface area contributed by atoms with Crippen molar-refractivity contribution in [2.24, 2.45) is 5.92 Å². The monoisotopic (exact) mass is 415 g/mol. The third-order valence-electron chi connectivity index (χ3n) is 6.13. The van der Waals surface area contributed by atoms with Crippen molar-refractivity contribution in [3.63, 3.8) is 0 Å². The van der Waals surface area contributed by atoms with Gasteiger partial charge in [0.1, 0.15) is 0 Å². The number of rotatable bonds is 4. The molecule has 3 aliphatic rings. The molecule has 0 saturated carbocycles. The number of hydrogen-bond acceptors (Lipinski definition) is 5. The van der Waals surface area contributed by atoms with E-state index in [0.29, 0.717) is 31.9 Å². The highest BCUT2D eigenvalue weighted by molar-refractivity contribution is 7.88. The number of ether oxygens (including phenoxy) is 3. The average molecular weight is 416 g/mol. The molecule has 0 spiro atoms. The van der Waals surface area contributed by atoms with Crippen LogP contribution in [-0.4, -0.2) is 39.3 Å². The molecule has 7 heteroatoms. The summed E-state index contributed by atoms with van der Waals surface area (Å²) in [6, 6.07) is 13.3. The second kappa shape index (κ2) is 7.63. The summed E-state index contributed by atoms with van der Waals surface area (Å²) in [5, 5.41) is 0. The lowest BCUT2D eigenvalue weighted by Crippen LogP contribution is -2.44. The predicted octanol–water partition coefficient (Wildman–Crippen LogP) is 3.27. The van der Waals surface area contributed by atoms with Gasteiger partial charge in [-0.3, -0.25) is 0 Å². The Hall–Kier alpha value is -2.09. The maximum atomic E-state index is 13.5. The number of hydrogen-bond donors (Lipinski definition) is 0. The number of benzene rings is 2. The Morgan fingerprint density at radius 3 is 2.48 bits per heavy atom. The summed E-state index contributed by atoms with van der Waals surface area (Å²) in [6.45, 7) is 2.06. The van der Waals surface area contributed by atoms with Crippen LogP contribution in [0, 0.1) is 5.92 Å². The molecular weight excluding hydrogens is 390 g/mol. The van der Waals surface area contributed by atoms with Crippen LogP contribution < -0.4 is 9.47 Å². The molecule has 1 atom stereocenters. The van der Waals surface area contributed by atoms with Crippen molar-refractivity contribution >= 4 is 10.0 Å². The molecule has 0 N–H and O–H groups in total. The first-order valence-corrected chi connectivity index (χ1v) is 11.8. The Bertz CT molecular complexity index is 986. The third-order valence-corrected chi connectivity index (χ3v) is 7.95. The van der Waals surface area contributed by atoms with Crippen LogP contribution >= 0.6 is 0 Å². The number of sulfonamides is 1. The van der Waals surface area contributed by atoms with Crippen LogP contribution in [0.2, 0.25) is 0 Å². The highest BCUT2D eigenvalue weighted by Gasteiger charge is 2.41. The molecule has 0 bridgehead atoms. The largest absolute Gasteiger partial charge is 0.454 e. The van der Waals surface area contributed by atoms with Gasteiger partial charge in [0.15, 0.2) is 11.5 Å². The first-order valence-electron chi connectivity index (χ1n) is 10.2. The summed E-state index contributed by atoms with van der Waals surface area (Å²) in [7, 11) is -3.47. The highest BCUT2D eigenvalue weighted by atomic mass is 32.2. The quantitative estimate of drug-likeness (QED) is 0.767. The van der Waals surface area contributed by atoms with E-state index in [2.05, 4.69) is 0 Å². The molecule has 5 rings (SSSR count). The molecule has 29 heavy (non-hydrogen) atoms. The molecule has 2 aromatic rings. The normalized spacial score (nSPS) is 22.4. The van der Waals surface area contributed by atoms with E-state index in [1.54, 1.807) is 4.31 Å². The molecule has 0 amide bonds. The molecule has 1 saturated heterocycles. The average Bonchev–Trinajstić information content (AvgIpc) is 3.19. The maximum Gasteiger partial charge on any atom is 0.231 e. The van der Waals surface area contributed by atoms with Gasteiger partial charge in [-0.1, -0.05) is 30.3 Å². The second-order valence-corrected chi connectivity index (χ2v) is 9.82. The van der Waals surface area contributed by atoms with Crippen LogP contribution in [0.5, 0.6) is 11.5 Å². The van der Waals surface area contributed by atoms with Crippen LogP contribution in [0.15, 0.2) is 42.5 Å². The number of nitrogens with zero attached hydrogens (tertiary/aromatic N) is 1. The third kappa shape index (κ3) is 3.63. The van der Waals surface area contributed by atoms with Gasteiger partial charge >= 0.3 is 0 Å². The van der Waals surface area contributed by atoms with Gasteiger partial charge in [-0.15, -0.1) is 0 Å². The molecule has 154 valence electrons. The van der Waals surface area contributed by atoms with Crippen LogP contribution in [0.3, 0.4) is 0 Å². The fourth-order valence-electron chi connectivity index (χ4n) is 4.72. The van der Waals surface area contributed by atoms with Crippen molar-refractivity contribution in [2.45, 2.75) is 31.1 Å². The van der Waals surface area contributed by atoms with Gasteiger partial charge in [-0.2, -0.15) is 4.31 Å². The van der Waals surface area contributed by atoms with E-state index in [-0.39, 0.29) is 24.5 Å². The van der Waals surface area contributed by atoms with E-state index in [9.17, 15) is 8.42 Å². The van der Waals surface area contributed by atoms with Crippen LogP contribution in [-0.2, 0) is 26.9 Å². The fraction of sp³-hybridized carbons (Fsp3) is 0.455. The molecule has 0 aliphatic carbocycles. The van der Waals surface area contributed by atoms with E-state index >= 15 is 0 Å². The summed E-state index contributed by atoms with van der Waals surface area (Å²) < 4.78 is 45.4. The zero-order valence-corrected chi connectivity index (χ0v) is 17.1. The van der Waals surface area contributed by atoms with Gasteiger partial charge in [0.05, 0.1) is 11.8 Å². The predicted molar refractivity (Wildman–Crippen MR) is 108 cm³/mol. The first kappa shape index (κ1) is 18.9. The summed E-state index contributed by atoms with van der Waals surface area (Å²) in [4.78, 5) is 0. The summed E-state index contributed by atoms with van der Waals surface area (Å²) >= 11 is 0. The smallest absolute Gasteiger partial charge is 0.231 e. The SMILES string of the molecule is O=S(=O)(Cc1ccccc1)N1CCc2cc3c(cc2C1C1CCOCC1)OCO3. The highest BCUT2D eigenvalue weighted by Crippen LogP contribution is 2.46. The Labute approximate surface area is 171 Å². The van der Waals surface area contributed by atoms with Crippen LogP contribution in [0.25, 0.3) is 0 Å². The van der Waals surface area contributed by atoms with E-state index in [4.69, 9.17) is 14.2 Å². The van der Waals surface area contributed by atoms with Crippen molar-refractivity contribution in [3.05, 3.63) is 59.2 Å².